The molecular formula is C11H7Cl2NO3. The number of H-pyrrole nitrogens is 1. The Labute approximate surface area is 106 Å². The van der Waals surface area contributed by atoms with E-state index in [9.17, 15) is 9.59 Å². The molecule has 1 aromatic heterocycles. The number of nitrogens with one attached hydrogen (secondary N) is 1. The fourth-order valence-electron chi connectivity index (χ4n) is 1.50. The molecule has 0 saturated heterocycles. The summed E-state index contributed by atoms with van der Waals surface area (Å²) in [6, 6.07) is 4.51. The van der Waals surface area contributed by atoms with Gasteiger partial charge in [-0.25, -0.2) is 4.79 Å². The van der Waals surface area contributed by atoms with Gasteiger partial charge in [0.15, 0.2) is 0 Å². The summed E-state index contributed by atoms with van der Waals surface area (Å²) in [6.07, 6.45) is 0. The molecule has 4 nitrogen and oxygen atoms in total. The van der Waals surface area contributed by atoms with E-state index in [1.807, 2.05) is 0 Å². The topological polar surface area (TPSA) is 59.2 Å². The van der Waals surface area contributed by atoms with E-state index >= 15 is 0 Å². The first kappa shape index (κ1) is 12.0. The molecule has 0 unspecified atom stereocenters. The van der Waals surface area contributed by atoms with Gasteiger partial charge in [0.2, 0.25) is 0 Å². The van der Waals surface area contributed by atoms with Crippen molar-refractivity contribution in [1.29, 1.82) is 0 Å². The van der Waals surface area contributed by atoms with E-state index in [-0.39, 0.29) is 10.7 Å². The Morgan fingerprint density at radius 3 is 2.65 bits per heavy atom. The summed E-state index contributed by atoms with van der Waals surface area (Å²) < 4.78 is 4.53. The van der Waals surface area contributed by atoms with Crippen LogP contribution in [0.1, 0.15) is 10.5 Å². The lowest BCUT2D eigenvalue weighted by atomic mass is 10.1. The quantitative estimate of drug-likeness (QED) is 0.812. The van der Waals surface area contributed by atoms with Crippen LogP contribution in [0.2, 0.25) is 10.0 Å². The second-order valence-electron chi connectivity index (χ2n) is 3.33. The van der Waals surface area contributed by atoms with Gasteiger partial charge in [0.1, 0.15) is 5.69 Å². The van der Waals surface area contributed by atoms with Crippen LogP contribution in [0.15, 0.2) is 23.0 Å². The van der Waals surface area contributed by atoms with Crippen molar-refractivity contribution in [2.45, 2.75) is 0 Å². The fourth-order valence-corrected chi connectivity index (χ4v) is 1.88. The van der Waals surface area contributed by atoms with Gasteiger partial charge in [-0.1, -0.05) is 23.2 Å². The van der Waals surface area contributed by atoms with Gasteiger partial charge in [-0.05, 0) is 18.2 Å². The summed E-state index contributed by atoms with van der Waals surface area (Å²) in [7, 11) is 1.23. The number of aromatic nitrogens is 1. The molecule has 2 rings (SSSR count). The maximum Gasteiger partial charge on any atom is 0.354 e. The van der Waals surface area contributed by atoms with E-state index in [0.717, 1.165) is 0 Å². The van der Waals surface area contributed by atoms with Gasteiger partial charge >= 0.3 is 5.97 Å². The maximum absolute atomic E-state index is 11.7. The fraction of sp³-hybridized carbons (Fsp3) is 0.0909. The Hall–Kier alpha value is -1.52. The number of carbonyl (C=O) groups is 1. The van der Waals surface area contributed by atoms with E-state index in [1.165, 1.54) is 19.2 Å². The van der Waals surface area contributed by atoms with Gasteiger partial charge in [-0.3, -0.25) is 4.79 Å². The number of rotatable bonds is 1. The average molecular weight is 272 g/mol. The summed E-state index contributed by atoms with van der Waals surface area (Å²) in [5.74, 6) is -0.639. The molecular weight excluding hydrogens is 265 g/mol. The van der Waals surface area contributed by atoms with Crippen LogP contribution in [0, 0.1) is 0 Å². The number of aromatic amines is 1. The summed E-state index contributed by atoms with van der Waals surface area (Å²) in [5, 5.41) is 1.34. The Kier molecular flexibility index (Phi) is 3.09. The lowest BCUT2D eigenvalue weighted by molar-refractivity contribution is 0.0594. The number of methoxy groups -OCH3 is 1. The van der Waals surface area contributed by atoms with Crippen molar-refractivity contribution in [2.24, 2.45) is 0 Å². The predicted molar refractivity (Wildman–Crippen MR) is 65.9 cm³/mol. The van der Waals surface area contributed by atoms with Crippen LogP contribution in [0.25, 0.3) is 10.8 Å². The number of esters is 1. The number of hydrogen-bond acceptors (Lipinski definition) is 3. The minimum absolute atomic E-state index is 0.0363. The van der Waals surface area contributed by atoms with Gasteiger partial charge in [-0.15, -0.1) is 0 Å². The molecule has 1 N–H and O–H groups in total. The Bertz CT molecular complexity index is 664. The Morgan fingerprint density at radius 2 is 2.00 bits per heavy atom. The van der Waals surface area contributed by atoms with Crippen molar-refractivity contribution in [3.05, 3.63) is 44.3 Å². The summed E-state index contributed by atoms with van der Waals surface area (Å²) in [6.45, 7) is 0. The molecule has 88 valence electrons. The zero-order valence-corrected chi connectivity index (χ0v) is 10.2. The Morgan fingerprint density at radius 1 is 1.29 bits per heavy atom. The highest BCUT2D eigenvalue weighted by atomic mass is 35.5. The first-order valence-corrected chi connectivity index (χ1v) is 5.39. The predicted octanol–water partition coefficient (Wildman–Crippen LogP) is 2.62. The maximum atomic E-state index is 11.7. The van der Waals surface area contributed by atoms with Crippen molar-refractivity contribution in [3.63, 3.8) is 0 Å². The molecule has 0 aliphatic rings. The highest BCUT2D eigenvalue weighted by molar-refractivity contribution is 6.45. The van der Waals surface area contributed by atoms with Gasteiger partial charge < -0.3 is 9.72 Å². The Balaban J connectivity index is 2.84. The third-order valence-electron chi connectivity index (χ3n) is 2.32. The van der Waals surface area contributed by atoms with E-state index in [1.54, 1.807) is 6.07 Å². The summed E-state index contributed by atoms with van der Waals surface area (Å²) >= 11 is 11.8. The van der Waals surface area contributed by atoms with Crippen LogP contribution >= 0.6 is 23.2 Å². The molecule has 0 saturated carbocycles. The first-order valence-electron chi connectivity index (χ1n) is 4.64. The highest BCUT2D eigenvalue weighted by Crippen LogP contribution is 2.29. The van der Waals surface area contributed by atoms with Crippen molar-refractivity contribution >= 4 is 39.9 Å². The van der Waals surface area contributed by atoms with Crippen molar-refractivity contribution in [3.8, 4) is 0 Å². The van der Waals surface area contributed by atoms with E-state index in [4.69, 9.17) is 23.2 Å². The number of pyridine rings is 1. The molecule has 1 heterocycles. The van der Waals surface area contributed by atoms with Crippen LogP contribution in [-0.2, 0) is 4.74 Å². The molecule has 0 aliphatic carbocycles. The van der Waals surface area contributed by atoms with Crippen molar-refractivity contribution in [1.82, 2.24) is 4.98 Å². The van der Waals surface area contributed by atoms with Crippen LogP contribution < -0.4 is 5.56 Å². The van der Waals surface area contributed by atoms with E-state index in [2.05, 4.69) is 9.72 Å². The first-order chi connectivity index (χ1) is 8.04. The van der Waals surface area contributed by atoms with Gasteiger partial charge in [0.25, 0.3) is 5.56 Å². The zero-order chi connectivity index (χ0) is 12.6. The molecule has 0 atom stereocenters. The molecule has 2 aromatic rings. The normalized spacial score (nSPS) is 10.5. The molecule has 0 bridgehead atoms. The number of ether oxygens (including phenoxy) is 1. The molecule has 0 amide bonds. The highest BCUT2D eigenvalue weighted by Gasteiger charge is 2.12. The van der Waals surface area contributed by atoms with Gasteiger partial charge in [-0.2, -0.15) is 0 Å². The SMILES string of the molecule is COC(=O)c1cc2c(Cl)c(Cl)ccc2c(=O)[nH]1. The standard InChI is InChI=1S/C11H7Cl2NO3/c1-17-11(16)8-4-6-5(10(15)14-8)2-3-7(12)9(6)13/h2-4H,1H3,(H,14,15). The zero-order valence-electron chi connectivity index (χ0n) is 8.71. The number of fused-ring (bicyclic) bond motifs is 1. The molecule has 1 aromatic carbocycles. The smallest absolute Gasteiger partial charge is 0.354 e. The third kappa shape index (κ3) is 2.01. The summed E-state index contributed by atoms with van der Waals surface area (Å²) in [4.78, 5) is 25.5. The lowest BCUT2D eigenvalue weighted by Gasteiger charge is -2.04. The molecule has 17 heavy (non-hydrogen) atoms. The number of hydrogen-bond donors (Lipinski definition) is 1. The number of halogens is 2. The summed E-state index contributed by atoms with van der Waals surface area (Å²) in [5.41, 5.74) is -0.379. The third-order valence-corrected chi connectivity index (χ3v) is 3.14. The van der Waals surface area contributed by atoms with Gasteiger partial charge in [0, 0.05) is 10.8 Å². The van der Waals surface area contributed by atoms with Crippen LogP contribution in [0.3, 0.4) is 0 Å². The monoisotopic (exact) mass is 271 g/mol. The average Bonchev–Trinajstić information content (AvgIpc) is 2.33. The molecule has 0 radical (unpaired) electrons. The van der Waals surface area contributed by atoms with Crippen LogP contribution in [0.4, 0.5) is 0 Å². The molecule has 0 aliphatic heterocycles. The van der Waals surface area contributed by atoms with Crippen LogP contribution in [-0.4, -0.2) is 18.1 Å². The van der Waals surface area contributed by atoms with Crippen molar-refractivity contribution in [2.75, 3.05) is 7.11 Å². The second-order valence-corrected chi connectivity index (χ2v) is 4.11. The van der Waals surface area contributed by atoms with Crippen molar-refractivity contribution < 1.29 is 9.53 Å². The van der Waals surface area contributed by atoms with E-state index in [0.29, 0.717) is 15.8 Å². The number of carbonyl (C=O) groups excluding carboxylic acids is 1. The largest absolute Gasteiger partial charge is 0.464 e. The lowest BCUT2D eigenvalue weighted by Crippen LogP contribution is -2.14. The van der Waals surface area contributed by atoms with E-state index < -0.39 is 11.5 Å². The minimum atomic E-state index is -0.639. The van der Waals surface area contributed by atoms with Crippen LogP contribution in [0.5, 0.6) is 0 Å². The molecule has 6 heteroatoms. The molecule has 0 spiro atoms. The second kappa shape index (κ2) is 4.39. The van der Waals surface area contributed by atoms with Gasteiger partial charge in [0.05, 0.1) is 17.2 Å². The minimum Gasteiger partial charge on any atom is -0.464 e. The number of benzene rings is 1. The molecule has 0 fully saturated rings.